The van der Waals surface area contributed by atoms with Gasteiger partial charge in [0, 0.05) is 23.1 Å². The number of thiazole rings is 1. The summed E-state index contributed by atoms with van der Waals surface area (Å²) in [6, 6.07) is 8.54. The quantitative estimate of drug-likeness (QED) is 0.589. The molecule has 0 aliphatic rings. The summed E-state index contributed by atoms with van der Waals surface area (Å²) in [5.74, 6) is 2.06. The largest absolute Gasteiger partial charge is 0.307 e. The van der Waals surface area contributed by atoms with Crippen molar-refractivity contribution in [2.75, 3.05) is 5.32 Å². The fraction of sp³-hybridized carbons (Fsp3) is 0.263. The average molecular weight is 364 g/mol. The summed E-state index contributed by atoms with van der Waals surface area (Å²) in [6.07, 6.45) is 0.760. The van der Waals surface area contributed by atoms with Gasteiger partial charge in [-0.15, -0.1) is 16.4 Å². The van der Waals surface area contributed by atoms with Crippen LogP contribution in [0.1, 0.15) is 33.9 Å². The molecule has 1 N–H and O–H groups in total. The molecular formula is C19H20N6S. The molecule has 4 aromatic rings. The van der Waals surface area contributed by atoms with Crippen molar-refractivity contribution >= 4 is 28.1 Å². The van der Waals surface area contributed by atoms with Crippen LogP contribution in [0.5, 0.6) is 0 Å². The van der Waals surface area contributed by atoms with Gasteiger partial charge in [-0.25, -0.2) is 14.5 Å². The van der Waals surface area contributed by atoms with Crippen molar-refractivity contribution in [1.82, 2.24) is 24.6 Å². The first-order valence-electron chi connectivity index (χ1n) is 8.47. The van der Waals surface area contributed by atoms with Gasteiger partial charge in [0.2, 0.25) is 10.9 Å². The molecule has 0 saturated heterocycles. The van der Waals surface area contributed by atoms with E-state index in [2.05, 4.69) is 56.6 Å². The molecule has 0 radical (unpaired) electrons. The van der Waals surface area contributed by atoms with E-state index in [9.17, 15) is 0 Å². The highest BCUT2D eigenvalue weighted by Gasteiger charge is 2.14. The molecule has 0 bridgehead atoms. The molecule has 4 rings (SSSR count). The van der Waals surface area contributed by atoms with Gasteiger partial charge in [0.1, 0.15) is 11.6 Å². The molecule has 132 valence electrons. The highest BCUT2D eigenvalue weighted by Crippen LogP contribution is 2.24. The minimum atomic E-state index is 0.558. The second-order valence-electron chi connectivity index (χ2n) is 6.48. The van der Waals surface area contributed by atoms with Crippen LogP contribution in [0.4, 0.5) is 11.8 Å². The summed E-state index contributed by atoms with van der Waals surface area (Å²) in [4.78, 5) is 14.6. The van der Waals surface area contributed by atoms with E-state index >= 15 is 0 Å². The first kappa shape index (κ1) is 16.7. The van der Waals surface area contributed by atoms with Crippen LogP contribution in [0.25, 0.3) is 4.96 Å². The first-order valence-corrected chi connectivity index (χ1v) is 9.35. The Balaban J connectivity index is 1.70. The second-order valence-corrected chi connectivity index (χ2v) is 7.31. The van der Waals surface area contributed by atoms with Crippen LogP contribution in [0.15, 0.2) is 29.6 Å². The van der Waals surface area contributed by atoms with Crippen LogP contribution in [-0.4, -0.2) is 24.6 Å². The molecule has 0 aliphatic heterocycles. The lowest BCUT2D eigenvalue weighted by atomic mass is 10.0. The van der Waals surface area contributed by atoms with Gasteiger partial charge in [-0.3, -0.25) is 0 Å². The Morgan fingerprint density at radius 3 is 2.50 bits per heavy atom. The van der Waals surface area contributed by atoms with Crippen LogP contribution >= 0.6 is 11.3 Å². The van der Waals surface area contributed by atoms with E-state index < -0.39 is 0 Å². The molecule has 26 heavy (non-hydrogen) atoms. The zero-order chi connectivity index (χ0) is 18.3. The Labute approximate surface area is 156 Å². The molecule has 0 saturated carbocycles. The van der Waals surface area contributed by atoms with E-state index in [1.807, 2.05) is 30.7 Å². The number of aromatic nitrogens is 5. The van der Waals surface area contributed by atoms with Crippen molar-refractivity contribution in [3.8, 4) is 0 Å². The first-order chi connectivity index (χ1) is 12.5. The van der Waals surface area contributed by atoms with Crippen molar-refractivity contribution in [1.29, 1.82) is 0 Å². The Kier molecular flexibility index (Phi) is 4.16. The molecule has 6 nitrogen and oxygen atoms in total. The van der Waals surface area contributed by atoms with Crippen LogP contribution in [0, 0.1) is 27.7 Å². The number of fused-ring (bicyclic) bond motifs is 1. The number of rotatable bonds is 4. The third-order valence-electron chi connectivity index (χ3n) is 4.30. The van der Waals surface area contributed by atoms with Gasteiger partial charge < -0.3 is 5.32 Å². The number of nitrogens with zero attached hydrogens (tertiary/aromatic N) is 5. The SMILES string of the molecule is Cc1ccc(Cc2c(C)nc(C)nc2Nc2nc3scc(C)n3n2)cc1. The van der Waals surface area contributed by atoms with E-state index in [0.29, 0.717) is 5.95 Å². The van der Waals surface area contributed by atoms with Crippen molar-refractivity contribution in [2.45, 2.75) is 34.1 Å². The lowest BCUT2D eigenvalue weighted by Gasteiger charge is -2.12. The van der Waals surface area contributed by atoms with Gasteiger partial charge in [0.15, 0.2) is 0 Å². The molecule has 3 aromatic heterocycles. The molecule has 0 fully saturated rings. The van der Waals surface area contributed by atoms with Crippen LogP contribution in [-0.2, 0) is 6.42 Å². The summed E-state index contributed by atoms with van der Waals surface area (Å²) in [5, 5.41) is 9.87. The van der Waals surface area contributed by atoms with Gasteiger partial charge in [-0.2, -0.15) is 4.98 Å². The number of benzene rings is 1. The number of nitrogens with one attached hydrogen (secondary N) is 1. The monoisotopic (exact) mass is 364 g/mol. The standard InChI is InChI=1S/C19H20N6S/c1-11-5-7-15(8-6-11)9-16-13(3)20-14(4)21-17(16)22-18-23-19-25(24-18)12(2)10-26-19/h5-8,10H,9H2,1-4H3,(H,20,21,22,24). The van der Waals surface area contributed by atoms with Crippen LogP contribution in [0.2, 0.25) is 0 Å². The lowest BCUT2D eigenvalue weighted by Crippen LogP contribution is -2.07. The van der Waals surface area contributed by atoms with Gasteiger partial charge >= 0.3 is 0 Å². The topological polar surface area (TPSA) is 68.0 Å². The minimum absolute atomic E-state index is 0.558. The Hall–Kier alpha value is -2.80. The van der Waals surface area contributed by atoms with E-state index in [1.165, 1.54) is 11.1 Å². The summed E-state index contributed by atoms with van der Waals surface area (Å²) >= 11 is 1.58. The van der Waals surface area contributed by atoms with E-state index in [4.69, 9.17) is 0 Å². The smallest absolute Gasteiger partial charge is 0.249 e. The normalized spacial score (nSPS) is 11.2. The molecule has 7 heteroatoms. The summed E-state index contributed by atoms with van der Waals surface area (Å²) in [7, 11) is 0. The molecule has 0 unspecified atom stereocenters. The summed E-state index contributed by atoms with van der Waals surface area (Å²) in [6.45, 7) is 8.03. The molecule has 0 atom stereocenters. The fourth-order valence-electron chi connectivity index (χ4n) is 2.91. The van der Waals surface area contributed by atoms with Crippen LogP contribution < -0.4 is 5.32 Å². The molecule has 1 aromatic carbocycles. The average Bonchev–Trinajstić information content (AvgIpc) is 3.14. The van der Waals surface area contributed by atoms with Crippen molar-refractivity contribution < 1.29 is 0 Å². The maximum atomic E-state index is 4.61. The molecule has 0 spiro atoms. The maximum absolute atomic E-state index is 4.61. The molecule has 3 heterocycles. The molecule has 0 aliphatic carbocycles. The Morgan fingerprint density at radius 1 is 1.00 bits per heavy atom. The fourth-order valence-corrected chi connectivity index (χ4v) is 3.71. The summed E-state index contributed by atoms with van der Waals surface area (Å²) < 4.78 is 1.84. The molecular weight excluding hydrogens is 344 g/mol. The Bertz CT molecular complexity index is 1080. The Morgan fingerprint density at radius 2 is 1.77 bits per heavy atom. The van der Waals surface area contributed by atoms with Gasteiger partial charge in [0.25, 0.3) is 0 Å². The third kappa shape index (κ3) is 3.17. The second kappa shape index (κ2) is 6.49. The van der Waals surface area contributed by atoms with Gasteiger partial charge in [0.05, 0.1) is 5.69 Å². The van der Waals surface area contributed by atoms with Crippen molar-refractivity contribution in [3.63, 3.8) is 0 Å². The van der Waals surface area contributed by atoms with Gasteiger partial charge in [-0.05, 0) is 33.3 Å². The van der Waals surface area contributed by atoms with Gasteiger partial charge in [-0.1, -0.05) is 29.8 Å². The molecule has 0 amide bonds. The predicted octanol–water partition coefficient (Wildman–Crippen LogP) is 4.15. The number of hydrogen-bond donors (Lipinski definition) is 1. The number of aryl methyl sites for hydroxylation is 4. The number of hydrogen-bond acceptors (Lipinski definition) is 6. The van der Waals surface area contributed by atoms with E-state index in [1.54, 1.807) is 11.3 Å². The third-order valence-corrected chi connectivity index (χ3v) is 5.24. The van der Waals surface area contributed by atoms with Crippen LogP contribution in [0.3, 0.4) is 0 Å². The zero-order valence-corrected chi connectivity index (χ0v) is 16.1. The van der Waals surface area contributed by atoms with Crippen molar-refractivity contribution in [3.05, 3.63) is 63.5 Å². The minimum Gasteiger partial charge on any atom is -0.307 e. The predicted molar refractivity (Wildman–Crippen MR) is 104 cm³/mol. The van der Waals surface area contributed by atoms with E-state index in [0.717, 1.165) is 40.0 Å². The number of anilines is 2. The van der Waals surface area contributed by atoms with Crippen molar-refractivity contribution in [2.24, 2.45) is 0 Å². The maximum Gasteiger partial charge on any atom is 0.249 e. The lowest BCUT2D eigenvalue weighted by molar-refractivity contribution is 0.927. The zero-order valence-electron chi connectivity index (χ0n) is 15.2. The van der Waals surface area contributed by atoms with E-state index in [-0.39, 0.29) is 0 Å². The summed E-state index contributed by atoms with van der Waals surface area (Å²) in [5.41, 5.74) is 5.58. The highest BCUT2D eigenvalue weighted by atomic mass is 32.1. The highest BCUT2D eigenvalue weighted by molar-refractivity contribution is 7.15.